The molecule has 9 heteroatoms. The summed E-state index contributed by atoms with van der Waals surface area (Å²) in [6, 6.07) is 27.4. The van der Waals surface area contributed by atoms with Gasteiger partial charge in [-0.15, -0.1) is 15.3 Å². The Morgan fingerprint density at radius 2 is 1.49 bits per heavy atom. The minimum absolute atomic E-state index is 0.178. The van der Waals surface area contributed by atoms with Crippen molar-refractivity contribution in [1.82, 2.24) is 34.5 Å². The molecule has 6 rings (SSSR count). The first kappa shape index (κ1) is 22.4. The molecule has 3 aromatic carbocycles. The van der Waals surface area contributed by atoms with Gasteiger partial charge < -0.3 is 9.15 Å². The van der Waals surface area contributed by atoms with Gasteiger partial charge in [-0.1, -0.05) is 66.7 Å². The molecule has 0 unspecified atom stereocenters. The minimum atomic E-state index is 0.178. The van der Waals surface area contributed by atoms with Crippen molar-refractivity contribution in [2.75, 3.05) is 0 Å². The summed E-state index contributed by atoms with van der Waals surface area (Å²) in [5.41, 5.74) is 3.37. The largest absolute Gasteiger partial charge is 0.485 e. The summed E-state index contributed by atoms with van der Waals surface area (Å²) in [7, 11) is 1.89. The van der Waals surface area contributed by atoms with Gasteiger partial charge in [0.2, 0.25) is 5.89 Å². The van der Waals surface area contributed by atoms with Gasteiger partial charge in [0.05, 0.1) is 0 Å². The molecule has 9 nitrogen and oxygen atoms in total. The standard InChI is InChI=1S/C28H23N7O2/c1-19-11-9-10-16-23(19)36-18-24-30-26(22-17-37-27(29-22)21-14-7-4-8-15-21)35(33-24)28-32-31-25(34(28)2)20-12-5-3-6-13-20/h3-17H,18H2,1-2H3. The Labute approximate surface area is 213 Å². The molecule has 37 heavy (non-hydrogen) atoms. The zero-order valence-electron chi connectivity index (χ0n) is 20.3. The van der Waals surface area contributed by atoms with Gasteiger partial charge >= 0.3 is 0 Å². The molecule has 0 spiro atoms. The summed E-state index contributed by atoms with van der Waals surface area (Å²) >= 11 is 0. The maximum atomic E-state index is 6.02. The van der Waals surface area contributed by atoms with Crippen molar-refractivity contribution >= 4 is 0 Å². The number of hydrogen-bond acceptors (Lipinski definition) is 7. The number of hydrogen-bond donors (Lipinski definition) is 0. The molecule has 0 N–H and O–H groups in total. The molecule has 0 fully saturated rings. The lowest BCUT2D eigenvalue weighted by molar-refractivity contribution is 0.294. The molecule has 3 aromatic heterocycles. The van der Waals surface area contributed by atoms with Gasteiger partial charge in [-0.3, -0.25) is 4.57 Å². The Morgan fingerprint density at radius 3 is 2.24 bits per heavy atom. The predicted octanol–water partition coefficient (Wildman–Crippen LogP) is 5.27. The third kappa shape index (κ3) is 4.38. The first-order chi connectivity index (χ1) is 18.2. The van der Waals surface area contributed by atoms with Crippen molar-refractivity contribution in [2.45, 2.75) is 13.5 Å². The van der Waals surface area contributed by atoms with Crippen molar-refractivity contribution in [1.29, 1.82) is 0 Å². The fraction of sp³-hybridized carbons (Fsp3) is 0.107. The number of rotatable bonds is 7. The monoisotopic (exact) mass is 489 g/mol. The van der Waals surface area contributed by atoms with E-state index < -0.39 is 0 Å². The van der Waals surface area contributed by atoms with Gasteiger partial charge in [-0.2, -0.15) is 4.68 Å². The van der Waals surface area contributed by atoms with Gasteiger partial charge in [0.25, 0.3) is 5.95 Å². The first-order valence-electron chi connectivity index (χ1n) is 11.8. The van der Waals surface area contributed by atoms with Crippen LogP contribution in [0, 0.1) is 6.92 Å². The second-order valence-electron chi connectivity index (χ2n) is 8.47. The van der Waals surface area contributed by atoms with Crippen LogP contribution in [-0.2, 0) is 13.7 Å². The SMILES string of the molecule is Cc1ccccc1OCc1nc(-c2coc(-c3ccccc3)n2)n(-c2nnc(-c3ccccc3)n2C)n1. The van der Waals surface area contributed by atoms with E-state index in [2.05, 4.69) is 15.2 Å². The van der Waals surface area contributed by atoms with E-state index in [1.807, 2.05) is 103 Å². The second kappa shape index (κ2) is 9.54. The Balaban J connectivity index is 1.41. The Hall–Kier alpha value is -5.05. The highest BCUT2D eigenvalue weighted by Crippen LogP contribution is 2.27. The summed E-state index contributed by atoms with van der Waals surface area (Å²) in [5.74, 6) is 3.42. The molecule has 0 atom stereocenters. The van der Waals surface area contributed by atoms with E-state index in [0.717, 1.165) is 22.4 Å². The normalized spacial score (nSPS) is 11.1. The lowest BCUT2D eigenvalue weighted by Crippen LogP contribution is -2.08. The van der Waals surface area contributed by atoms with Crippen molar-refractivity contribution < 1.29 is 9.15 Å². The average molecular weight is 490 g/mol. The molecule has 0 bridgehead atoms. The maximum absolute atomic E-state index is 6.02. The molecule has 182 valence electrons. The molecule has 0 aliphatic carbocycles. The number of aromatic nitrogens is 7. The van der Waals surface area contributed by atoms with Crippen LogP contribution in [0.25, 0.3) is 40.3 Å². The zero-order chi connectivity index (χ0) is 25.2. The van der Waals surface area contributed by atoms with Crippen molar-refractivity contribution in [3.05, 3.63) is 103 Å². The van der Waals surface area contributed by atoms with Crippen LogP contribution in [0.2, 0.25) is 0 Å². The van der Waals surface area contributed by atoms with E-state index in [1.54, 1.807) is 10.9 Å². The summed E-state index contributed by atoms with van der Waals surface area (Å²) in [5, 5.41) is 13.6. The van der Waals surface area contributed by atoms with Crippen LogP contribution in [0.15, 0.2) is 95.6 Å². The fourth-order valence-corrected chi connectivity index (χ4v) is 4.02. The smallest absolute Gasteiger partial charge is 0.254 e. The maximum Gasteiger partial charge on any atom is 0.254 e. The Morgan fingerprint density at radius 1 is 0.784 bits per heavy atom. The summed E-state index contributed by atoms with van der Waals surface area (Å²) in [4.78, 5) is 9.44. The average Bonchev–Trinajstić information content (AvgIpc) is 3.67. The van der Waals surface area contributed by atoms with Crippen LogP contribution in [0.5, 0.6) is 5.75 Å². The molecule has 0 aliphatic rings. The van der Waals surface area contributed by atoms with Gasteiger partial charge in [0.1, 0.15) is 24.3 Å². The van der Waals surface area contributed by atoms with Gasteiger partial charge in [-0.25, -0.2) is 9.97 Å². The molecule has 0 aliphatic heterocycles. The predicted molar refractivity (Wildman–Crippen MR) is 138 cm³/mol. The van der Waals surface area contributed by atoms with Crippen molar-refractivity contribution in [3.63, 3.8) is 0 Å². The lowest BCUT2D eigenvalue weighted by Gasteiger charge is -2.06. The molecule has 3 heterocycles. The molecule has 0 amide bonds. The van der Waals surface area contributed by atoms with Crippen molar-refractivity contribution in [2.24, 2.45) is 7.05 Å². The van der Waals surface area contributed by atoms with Crippen LogP contribution in [0.1, 0.15) is 11.4 Å². The van der Waals surface area contributed by atoms with E-state index in [0.29, 0.717) is 35.0 Å². The van der Waals surface area contributed by atoms with Crippen LogP contribution in [-0.4, -0.2) is 34.5 Å². The van der Waals surface area contributed by atoms with E-state index in [4.69, 9.17) is 19.2 Å². The van der Waals surface area contributed by atoms with Gasteiger partial charge in [0.15, 0.2) is 17.5 Å². The molecule has 0 saturated heterocycles. The Kier molecular flexibility index (Phi) is 5.78. The Bertz CT molecular complexity index is 1650. The van der Waals surface area contributed by atoms with Crippen LogP contribution in [0.4, 0.5) is 0 Å². The molecule has 0 saturated carbocycles. The summed E-state index contributed by atoms with van der Waals surface area (Å²) < 4.78 is 15.3. The third-order valence-electron chi connectivity index (χ3n) is 5.93. The van der Waals surface area contributed by atoms with Crippen LogP contribution < -0.4 is 4.74 Å². The quantitative estimate of drug-likeness (QED) is 0.301. The highest BCUT2D eigenvalue weighted by molar-refractivity contribution is 5.60. The molecular weight excluding hydrogens is 466 g/mol. The highest BCUT2D eigenvalue weighted by atomic mass is 16.5. The molecular formula is C28H23N7O2. The van der Waals surface area contributed by atoms with E-state index >= 15 is 0 Å². The third-order valence-corrected chi connectivity index (χ3v) is 5.93. The van der Waals surface area contributed by atoms with Crippen LogP contribution >= 0.6 is 0 Å². The van der Waals surface area contributed by atoms with E-state index in [-0.39, 0.29) is 6.61 Å². The number of oxazole rings is 1. The number of ether oxygens (including phenoxy) is 1. The van der Waals surface area contributed by atoms with E-state index in [1.165, 1.54) is 0 Å². The topological polar surface area (TPSA) is 96.7 Å². The van der Waals surface area contributed by atoms with Crippen LogP contribution in [0.3, 0.4) is 0 Å². The van der Waals surface area contributed by atoms with E-state index in [9.17, 15) is 0 Å². The zero-order valence-corrected chi connectivity index (χ0v) is 20.3. The highest BCUT2D eigenvalue weighted by Gasteiger charge is 2.22. The number of aryl methyl sites for hydroxylation is 1. The fourth-order valence-electron chi connectivity index (χ4n) is 4.02. The molecule has 6 aromatic rings. The number of para-hydroxylation sites is 1. The van der Waals surface area contributed by atoms with Gasteiger partial charge in [0, 0.05) is 18.2 Å². The second-order valence-corrected chi connectivity index (χ2v) is 8.47. The molecule has 0 radical (unpaired) electrons. The minimum Gasteiger partial charge on any atom is -0.485 e. The summed E-state index contributed by atoms with van der Waals surface area (Å²) in [6.07, 6.45) is 1.57. The lowest BCUT2D eigenvalue weighted by atomic mass is 10.2. The van der Waals surface area contributed by atoms with Crippen molar-refractivity contribution in [3.8, 4) is 46.1 Å². The number of benzene rings is 3. The van der Waals surface area contributed by atoms with Gasteiger partial charge in [-0.05, 0) is 30.7 Å². The first-order valence-corrected chi connectivity index (χ1v) is 11.8. The summed E-state index contributed by atoms with van der Waals surface area (Å²) in [6.45, 7) is 2.18. The number of nitrogens with zero attached hydrogens (tertiary/aromatic N) is 7.